The van der Waals surface area contributed by atoms with Gasteiger partial charge in [0.05, 0.1) is 18.2 Å². The van der Waals surface area contributed by atoms with Gasteiger partial charge in [-0.15, -0.1) is 0 Å². The molecular formula is C18H16ClNO5. The zero-order chi connectivity index (χ0) is 18.2. The fraction of sp³-hybridized carbons (Fsp3) is 0.167. The molecule has 2 rings (SSSR count). The molecular weight excluding hydrogens is 346 g/mol. The van der Waals surface area contributed by atoms with E-state index in [4.69, 9.17) is 16.3 Å². The minimum atomic E-state index is -0.701. The van der Waals surface area contributed by atoms with Gasteiger partial charge < -0.3 is 14.8 Å². The van der Waals surface area contributed by atoms with Crippen molar-refractivity contribution in [3.63, 3.8) is 0 Å². The molecule has 0 spiro atoms. The number of methoxy groups -OCH3 is 1. The molecule has 2 aromatic rings. The molecule has 0 aromatic heterocycles. The van der Waals surface area contributed by atoms with Crippen molar-refractivity contribution < 1.29 is 23.9 Å². The van der Waals surface area contributed by atoms with Gasteiger partial charge in [-0.2, -0.15) is 0 Å². The molecule has 7 heteroatoms. The average molecular weight is 362 g/mol. The summed E-state index contributed by atoms with van der Waals surface area (Å²) in [6.45, 7) is -0.125. The first-order valence-electron chi connectivity index (χ1n) is 7.36. The van der Waals surface area contributed by atoms with Crippen molar-refractivity contribution in [2.24, 2.45) is 0 Å². The summed E-state index contributed by atoms with van der Waals surface area (Å²) < 4.78 is 9.53. The standard InChI is InChI=1S/C18H16ClNO5/c1-24-17(22)13-3-2-4-14(9-13)18(23)25-11-16(21)20-10-12-5-7-15(19)8-6-12/h2-9H,10-11H2,1H3,(H,20,21). The minimum absolute atomic E-state index is 0.161. The summed E-state index contributed by atoms with van der Waals surface area (Å²) in [5.74, 6) is -1.70. The van der Waals surface area contributed by atoms with Crippen LogP contribution in [-0.2, 0) is 20.8 Å². The molecule has 0 saturated heterocycles. The van der Waals surface area contributed by atoms with Crippen molar-refractivity contribution in [1.82, 2.24) is 5.32 Å². The third kappa shape index (κ3) is 5.61. The SMILES string of the molecule is COC(=O)c1cccc(C(=O)OCC(=O)NCc2ccc(Cl)cc2)c1. The van der Waals surface area contributed by atoms with Gasteiger partial charge in [-0.3, -0.25) is 4.79 Å². The fourth-order valence-corrected chi connectivity index (χ4v) is 2.09. The second-order valence-electron chi connectivity index (χ2n) is 5.05. The Kier molecular flexibility index (Phi) is 6.54. The molecule has 130 valence electrons. The van der Waals surface area contributed by atoms with Crippen LogP contribution in [0.1, 0.15) is 26.3 Å². The van der Waals surface area contributed by atoms with E-state index in [-0.39, 0.29) is 11.1 Å². The third-order valence-corrected chi connectivity index (χ3v) is 3.51. The molecule has 1 amide bonds. The zero-order valence-corrected chi connectivity index (χ0v) is 14.2. The Labute approximate surface area is 149 Å². The Morgan fingerprint density at radius 3 is 2.28 bits per heavy atom. The van der Waals surface area contributed by atoms with Crippen LogP contribution < -0.4 is 5.32 Å². The van der Waals surface area contributed by atoms with Crippen molar-refractivity contribution >= 4 is 29.4 Å². The highest BCUT2D eigenvalue weighted by molar-refractivity contribution is 6.30. The van der Waals surface area contributed by atoms with Crippen LogP contribution >= 0.6 is 11.6 Å². The molecule has 0 fully saturated rings. The van der Waals surface area contributed by atoms with Gasteiger partial charge in [0.1, 0.15) is 0 Å². The topological polar surface area (TPSA) is 81.7 Å². The molecule has 0 aliphatic carbocycles. The highest BCUT2D eigenvalue weighted by Gasteiger charge is 2.13. The first-order chi connectivity index (χ1) is 12.0. The van der Waals surface area contributed by atoms with Crippen LogP contribution in [0.4, 0.5) is 0 Å². The summed E-state index contributed by atoms with van der Waals surface area (Å²) in [6, 6.07) is 12.9. The lowest BCUT2D eigenvalue weighted by Gasteiger charge is -2.07. The number of hydrogen-bond donors (Lipinski definition) is 1. The number of esters is 2. The molecule has 0 heterocycles. The van der Waals surface area contributed by atoms with E-state index in [1.54, 1.807) is 24.3 Å². The number of ether oxygens (including phenoxy) is 2. The predicted molar refractivity (Wildman–Crippen MR) is 91.4 cm³/mol. The molecule has 25 heavy (non-hydrogen) atoms. The molecule has 0 aliphatic heterocycles. The summed E-state index contributed by atoms with van der Waals surface area (Å²) in [4.78, 5) is 35.2. The Balaban J connectivity index is 1.83. The highest BCUT2D eigenvalue weighted by Crippen LogP contribution is 2.10. The highest BCUT2D eigenvalue weighted by atomic mass is 35.5. The van der Waals surface area contributed by atoms with Gasteiger partial charge >= 0.3 is 11.9 Å². The number of amides is 1. The summed E-state index contributed by atoms with van der Waals surface area (Å²) in [5, 5.41) is 3.24. The number of halogens is 1. The van der Waals surface area contributed by atoms with Gasteiger partial charge in [-0.1, -0.05) is 29.8 Å². The molecule has 0 aliphatic rings. The van der Waals surface area contributed by atoms with Crippen LogP contribution in [0.5, 0.6) is 0 Å². The quantitative estimate of drug-likeness (QED) is 0.800. The number of benzene rings is 2. The van der Waals surface area contributed by atoms with Crippen LogP contribution in [0.25, 0.3) is 0 Å². The van der Waals surface area contributed by atoms with E-state index in [9.17, 15) is 14.4 Å². The Morgan fingerprint density at radius 1 is 1.00 bits per heavy atom. The van der Waals surface area contributed by atoms with E-state index in [1.807, 2.05) is 0 Å². The Bertz CT molecular complexity index is 773. The average Bonchev–Trinajstić information content (AvgIpc) is 2.65. The summed E-state index contributed by atoms with van der Waals surface area (Å²) in [5.41, 5.74) is 1.26. The molecule has 0 atom stereocenters. The van der Waals surface area contributed by atoms with E-state index < -0.39 is 24.5 Å². The molecule has 0 bridgehead atoms. The van der Waals surface area contributed by atoms with Crippen LogP contribution in [0.2, 0.25) is 5.02 Å². The maximum Gasteiger partial charge on any atom is 0.338 e. The van der Waals surface area contributed by atoms with Crippen molar-refractivity contribution in [3.8, 4) is 0 Å². The van der Waals surface area contributed by atoms with Gasteiger partial charge in [-0.05, 0) is 35.9 Å². The molecule has 2 aromatic carbocycles. The second-order valence-corrected chi connectivity index (χ2v) is 5.49. The van der Waals surface area contributed by atoms with Gasteiger partial charge in [0.15, 0.2) is 6.61 Å². The van der Waals surface area contributed by atoms with Gasteiger partial charge in [0.2, 0.25) is 0 Å². The number of rotatable bonds is 6. The number of nitrogens with one attached hydrogen (secondary N) is 1. The molecule has 0 saturated carbocycles. The monoisotopic (exact) mass is 361 g/mol. The lowest BCUT2D eigenvalue weighted by atomic mass is 10.1. The summed E-state index contributed by atoms with van der Waals surface area (Å²) in [6.07, 6.45) is 0. The van der Waals surface area contributed by atoms with Crippen LogP contribution in [0, 0.1) is 0 Å². The smallest absolute Gasteiger partial charge is 0.338 e. The van der Waals surface area contributed by atoms with Crippen molar-refractivity contribution in [3.05, 3.63) is 70.2 Å². The first-order valence-corrected chi connectivity index (χ1v) is 7.74. The third-order valence-electron chi connectivity index (χ3n) is 3.26. The molecule has 0 unspecified atom stereocenters. The molecule has 0 radical (unpaired) electrons. The maximum atomic E-state index is 12.0. The second kappa shape index (κ2) is 8.84. The van der Waals surface area contributed by atoms with Crippen LogP contribution in [-0.4, -0.2) is 31.6 Å². The van der Waals surface area contributed by atoms with E-state index >= 15 is 0 Å². The minimum Gasteiger partial charge on any atom is -0.465 e. The maximum absolute atomic E-state index is 12.0. The Morgan fingerprint density at radius 2 is 1.64 bits per heavy atom. The van der Waals surface area contributed by atoms with Gasteiger partial charge in [-0.25, -0.2) is 9.59 Å². The van der Waals surface area contributed by atoms with E-state index in [2.05, 4.69) is 10.1 Å². The Hall–Kier alpha value is -2.86. The largest absolute Gasteiger partial charge is 0.465 e. The van der Waals surface area contributed by atoms with Gasteiger partial charge in [0.25, 0.3) is 5.91 Å². The fourth-order valence-electron chi connectivity index (χ4n) is 1.96. The summed E-state index contributed by atoms with van der Waals surface area (Å²) in [7, 11) is 1.25. The van der Waals surface area contributed by atoms with Crippen molar-refractivity contribution in [2.45, 2.75) is 6.54 Å². The number of carbonyl (C=O) groups excluding carboxylic acids is 3. The molecule has 6 nitrogen and oxygen atoms in total. The normalized spacial score (nSPS) is 10.0. The number of hydrogen-bond acceptors (Lipinski definition) is 5. The van der Waals surface area contributed by atoms with Crippen molar-refractivity contribution in [2.75, 3.05) is 13.7 Å². The van der Waals surface area contributed by atoms with Gasteiger partial charge in [0, 0.05) is 11.6 Å². The number of carbonyl (C=O) groups is 3. The molecule has 1 N–H and O–H groups in total. The first kappa shape index (κ1) is 18.5. The zero-order valence-electron chi connectivity index (χ0n) is 13.5. The lowest BCUT2D eigenvalue weighted by Crippen LogP contribution is -2.28. The van der Waals surface area contributed by atoms with E-state index in [0.29, 0.717) is 11.6 Å². The van der Waals surface area contributed by atoms with E-state index in [0.717, 1.165) is 5.56 Å². The predicted octanol–water partition coefficient (Wildman–Crippen LogP) is 2.60. The van der Waals surface area contributed by atoms with Crippen LogP contribution in [0.3, 0.4) is 0 Å². The lowest BCUT2D eigenvalue weighted by molar-refractivity contribution is -0.124. The summed E-state index contributed by atoms with van der Waals surface area (Å²) >= 11 is 5.78. The van der Waals surface area contributed by atoms with E-state index in [1.165, 1.54) is 31.4 Å². The van der Waals surface area contributed by atoms with Crippen LogP contribution in [0.15, 0.2) is 48.5 Å². The van der Waals surface area contributed by atoms with Crippen molar-refractivity contribution in [1.29, 1.82) is 0 Å².